The third-order valence-corrected chi connectivity index (χ3v) is 3.37. The first-order chi connectivity index (χ1) is 8.11. The average Bonchev–Trinajstić information content (AvgIpc) is 2.71. The SMILES string of the molecule is CC1CC(CN)CN1c1cccc([N+](=O)[O-])c1. The summed E-state index contributed by atoms with van der Waals surface area (Å²) in [5.41, 5.74) is 6.74. The summed E-state index contributed by atoms with van der Waals surface area (Å²) in [5, 5.41) is 10.7. The van der Waals surface area contributed by atoms with E-state index in [2.05, 4.69) is 11.8 Å². The van der Waals surface area contributed by atoms with Gasteiger partial charge in [-0.1, -0.05) is 6.07 Å². The van der Waals surface area contributed by atoms with Gasteiger partial charge in [-0.3, -0.25) is 10.1 Å². The molecule has 5 nitrogen and oxygen atoms in total. The van der Waals surface area contributed by atoms with Crippen molar-refractivity contribution in [2.45, 2.75) is 19.4 Å². The number of anilines is 1. The molecule has 0 radical (unpaired) electrons. The molecule has 1 aliphatic rings. The molecule has 2 unspecified atom stereocenters. The summed E-state index contributed by atoms with van der Waals surface area (Å²) in [5.74, 6) is 0.490. The number of nitrogens with two attached hydrogens (primary N) is 1. The zero-order valence-electron chi connectivity index (χ0n) is 9.87. The molecule has 1 fully saturated rings. The van der Waals surface area contributed by atoms with Crippen LogP contribution in [0.25, 0.3) is 0 Å². The highest BCUT2D eigenvalue weighted by Gasteiger charge is 2.28. The molecule has 17 heavy (non-hydrogen) atoms. The number of hydrogen-bond donors (Lipinski definition) is 1. The van der Waals surface area contributed by atoms with Crippen molar-refractivity contribution in [1.29, 1.82) is 0 Å². The summed E-state index contributed by atoms with van der Waals surface area (Å²) < 4.78 is 0. The van der Waals surface area contributed by atoms with Gasteiger partial charge in [0.25, 0.3) is 5.69 Å². The Morgan fingerprint density at radius 3 is 2.94 bits per heavy atom. The van der Waals surface area contributed by atoms with Gasteiger partial charge in [0.05, 0.1) is 4.92 Å². The van der Waals surface area contributed by atoms with Gasteiger partial charge in [-0.05, 0) is 31.9 Å². The van der Waals surface area contributed by atoms with Gasteiger partial charge in [0.15, 0.2) is 0 Å². The topological polar surface area (TPSA) is 72.4 Å². The Morgan fingerprint density at radius 1 is 1.59 bits per heavy atom. The highest BCUT2D eigenvalue weighted by Crippen LogP contribution is 2.30. The molecule has 0 bridgehead atoms. The van der Waals surface area contributed by atoms with Crippen molar-refractivity contribution in [1.82, 2.24) is 0 Å². The Bertz CT molecular complexity index is 422. The van der Waals surface area contributed by atoms with Crippen LogP contribution in [0.3, 0.4) is 0 Å². The highest BCUT2D eigenvalue weighted by molar-refractivity contribution is 5.54. The first-order valence-corrected chi connectivity index (χ1v) is 5.83. The molecule has 2 N–H and O–H groups in total. The number of non-ortho nitro benzene ring substituents is 1. The molecule has 92 valence electrons. The Balaban J connectivity index is 2.22. The third kappa shape index (κ3) is 2.39. The number of nitro benzene ring substituents is 1. The first kappa shape index (κ1) is 11.9. The Labute approximate surface area is 100 Å². The van der Waals surface area contributed by atoms with Crippen LogP contribution in [0, 0.1) is 16.0 Å². The van der Waals surface area contributed by atoms with E-state index in [1.165, 1.54) is 6.07 Å². The van der Waals surface area contributed by atoms with E-state index < -0.39 is 0 Å². The van der Waals surface area contributed by atoms with Crippen molar-refractivity contribution in [2.75, 3.05) is 18.0 Å². The van der Waals surface area contributed by atoms with Gasteiger partial charge < -0.3 is 10.6 Å². The lowest BCUT2D eigenvalue weighted by molar-refractivity contribution is -0.384. The number of rotatable bonds is 3. The summed E-state index contributed by atoms with van der Waals surface area (Å²) in [6.45, 7) is 3.70. The highest BCUT2D eigenvalue weighted by atomic mass is 16.6. The van der Waals surface area contributed by atoms with E-state index in [1.807, 2.05) is 6.07 Å². The van der Waals surface area contributed by atoms with Crippen LogP contribution in [-0.2, 0) is 0 Å². The summed E-state index contributed by atoms with van der Waals surface area (Å²) in [6.07, 6.45) is 1.05. The van der Waals surface area contributed by atoms with E-state index in [9.17, 15) is 10.1 Å². The minimum absolute atomic E-state index is 0.144. The summed E-state index contributed by atoms with van der Waals surface area (Å²) >= 11 is 0. The molecule has 0 saturated carbocycles. The lowest BCUT2D eigenvalue weighted by Gasteiger charge is -2.23. The zero-order chi connectivity index (χ0) is 12.4. The van der Waals surface area contributed by atoms with E-state index in [1.54, 1.807) is 12.1 Å². The van der Waals surface area contributed by atoms with Gasteiger partial charge in [0, 0.05) is 30.4 Å². The van der Waals surface area contributed by atoms with Crippen molar-refractivity contribution >= 4 is 11.4 Å². The van der Waals surface area contributed by atoms with Crippen LogP contribution in [0.4, 0.5) is 11.4 Å². The maximum atomic E-state index is 10.7. The fourth-order valence-corrected chi connectivity index (χ4v) is 2.46. The van der Waals surface area contributed by atoms with Gasteiger partial charge in [0.2, 0.25) is 0 Å². The van der Waals surface area contributed by atoms with Crippen LogP contribution in [0.1, 0.15) is 13.3 Å². The average molecular weight is 235 g/mol. The summed E-state index contributed by atoms with van der Waals surface area (Å²) in [6, 6.07) is 7.20. The molecule has 0 aliphatic carbocycles. The number of hydrogen-bond acceptors (Lipinski definition) is 4. The lowest BCUT2D eigenvalue weighted by atomic mass is 10.1. The predicted octanol–water partition coefficient (Wildman–Crippen LogP) is 1.77. The van der Waals surface area contributed by atoms with Crippen LogP contribution < -0.4 is 10.6 Å². The Morgan fingerprint density at radius 2 is 2.35 bits per heavy atom. The Kier molecular flexibility index (Phi) is 3.28. The van der Waals surface area contributed by atoms with Crippen LogP contribution >= 0.6 is 0 Å². The zero-order valence-corrected chi connectivity index (χ0v) is 9.87. The maximum absolute atomic E-state index is 10.7. The molecule has 1 aromatic carbocycles. The minimum atomic E-state index is -0.356. The van der Waals surface area contributed by atoms with Crippen LogP contribution in [-0.4, -0.2) is 24.1 Å². The molecular formula is C12H17N3O2. The first-order valence-electron chi connectivity index (χ1n) is 5.83. The van der Waals surface area contributed by atoms with Crippen molar-refractivity contribution < 1.29 is 4.92 Å². The van der Waals surface area contributed by atoms with Crippen molar-refractivity contribution in [3.8, 4) is 0 Å². The molecule has 1 aliphatic heterocycles. The van der Waals surface area contributed by atoms with Crippen molar-refractivity contribution in [3.05, 3.63) is 34.4 Å². The van der Waals surface area contributed by atoms with Crippen molar-refractivity contribution in [3.63, 3.8) is 0 Å². The molecule has 5 heteroatoms. The molecule has 1 aromatic rings. The molecular weight excluding hydrogens is 218 g/mol. The normalized spacial score (nSPS) is 24.0. The standard InChI is InChI=1S/C12H17N3O2/c1-9-5-10(7-13)8-14(9)11-3-2-4-12(6-11)15(16)17/h2-4,6,9-10H,5,7-8,13H2,1H3. The quantitative estimate of drug-likeness (QED) is 0.640. The third-order valence-electron chi connectivity index (χ3n) is 3.37. The second-order valence-electron chi connectivity index (χ2n) is 4.62. The lowest BCUT2D eigenvalue weighted by Crippen LogP contribution is -2.27. The number of nitrogens with zero attached hydrogens (tertiary/aromatic N) is 2. The fraction of sp³-hybridized carbons (Fsp3) is 0.500. The monoisotopic (exact) mass is 235 g/mol. The van der Waals surface area contributed by atoms with Crippen molar-refractivity contribution in [2.24, 2.45) is 11.7 Å². The minimum Gasteiger partial charge on any atom is -0.368 e. The second kappa shape index (κ2) is 4.71. The van der Waals surface area contributed by atoms with Crippen LogP contribution in [0.2, 0.25) is 0 Å². The molecule has 0 amide bonds. The van der Waals surface area contributed by atoms with Gasteiger partial charge in [-0.15, -0.1) is 0 Å². The largest absolute Gasteiger partial charge is 0.368 e. The Hall–Kier alpha value is -1.62. The van der Waals surface area contributed by atoms with Crippen LogP contribution in [0.5, 0.6) is 0 Å². The van der Waals surface area contributed by atoms with E-state index in [0.717, 1.165) is 18.7 Å². The molecule has 1 heterocycles. The smallest absolute Gasteiger partial charge is 0.271 e. The van der Waals surface area contributed by atoms with Crippen LogP contribution in [0.15, 0.2) is 24.3 Å². The molecule has 1 saturated heterocycles. The van der Waals surface area contributed by atoms with Gasteiger partial charge in [-0.2, -0.15) is 0 Å². The number of benzene rings is 1. The van der Waals surface area contributed by atoms with Gasteiger partial charge >= 0.3 is 0 Å². The fourth-order valence-electron chi connectivity index (χ4n) is 2.46. The van der Waals surface area contributed by atoms with E-state index in [0.29, 0.717) is 18.5 Å². The van der Waals surface area contributed by atoms with E-state index >= 15 is 0 Å². The molecule has 0 spiro atoms. The summed E-state index contributed by atoms with van der Waals surface area (Å²) in [7, 11) is 0. The van der Waals surface area contributed by atoms with Gasteiger partial charge in [0.1, 0.15) is 0 Å². The molecule has 2 atom stereocenters. The number of nitro groups is 1. The molecule has 0 aromatic heterocycles. The summed E-state index contributed by atoms with van der Waals surface area (Å²) in [4.78, 5) is 12.6. The maximum Gasteiger partial charge on any atom is 0.271 e. The predicted molar refractivity (Wildman–Crippen MR) is 67.1 cm³/mol. The van der Waals surface area contributed by atoms with E-state index in [-0.39, 0.29) is 10.6 Å². The second-order valence-corrected chi connectivity index (χ2v) is 4.62. The molecule has 2 rings (SSSR count). The van der Waals surface area contributed by atoms with E-state index in [4.69, 9.17) is 5.73 Å². The van der Waals surface area contributed by atoms with Gasteiger partial charge in [-0.25, -0.2) is 0 Å².